The maximum absolute atomic E-state index is 6.11. The van der Waals surface area contributed by atoms with Gasteiger partial charge >= 0.3 is 0 Å². The van der Waals surface area contributed by atoms with E-state index in [1.54, 1.807) is 18.4 Å². The van der Waals surface area contributed by atoms with Gasteiger partial charge in [0.1, 0.15) is 0 Å². The summed E-state index contributed by atoms with van der Waals surface area (Å²) in [5.74, 6) is 0.435. The van der Waals surface area contributed by atoms with E-state index in [-0.39, 0.29) is 12.1 Å². The third-order valence-corrected chi connectivity index (χ3v) is 3.28. The topological polar surface area (TPSA) is 48.1 Å². The van der Waals surface area contributed by atoms with Crippen LogP contribution in [0, 0.1) is 12.8 Å². The predicted octanol–water partition coefficient (Wildman–Crippen LogP) is 1.99. The Labute approximate surface area is 95.7 Å². The maximum atomic E-state index is 6.11. The first kappa shape index (κ1) is 12.6. The summed E-state index contributed by atoms with van der Waals surface area (Å²) < 4.78 is 5.40. The van der Waals surface area contributed by atoms with Gasteiger partial charge in [0.15, 0.2) is 0 Å². The summed E-state index contributed by atoms with van der Waals surface area (Å²) in [4.78, 5) is 4.41. The number of aromatic nitrogens is 1. The van der Waals surface area contributed by atoms with Crippen molar-refractivity contribution in [3.05, 3.63) is 16.1 Å². The highest BCUT2D eigenvalue weighted by Crippen LogP contribution is 2.15. The molecule has 15 heavy (non-hydrogen) atoms. The van der Waals surface area contributed by atoms with Crippen LogP contribution in [0.1, 0.15) is 24.5 Å². The van der Waals surface area contributed by atoms with Crippen molar-refractivity contribution in [2.45, 2.75) is 39.3 Å². The van der Waals surface area contributed by atoms with Crippen molar-refractivity contribution in [1.29, 1.82) is 0 Å². The SMILES string of the molecule is COC(C(C)C)C(N)Cc1csc(C)n1. The second kappa shape index (κ2) is 5.58. The van der Waals surface area contributed by atoms with Gasteiger partial charge in [0.25, 0.3) is 0 Å². The van der Waals surface area contributed by atoms with Gasteiger partial charge in [-0.05, 0) is 12.8 Å². The number of nitrogens with zero attached hydrogens (tertiary/aromatic N) is 1. The summed E-state index contributed by atoms with van der Waals surface area (Å²) >= 11 is 1.67. The van der Waals surface area contributed by atoms with Gasteiger partial charge in [0.05, 0.1) is 16.8 Å². The second-order valence-corrected chi connectivity index (χ2v) is 5.23. The number of rotatable bonds is 5. The number of thiazole rings is 1. The Hall–Kier alpha value is -0.450. The zero-order valence-corrected chi connectivity index (χ0v) is 10.7. The highest BCUT2D eigenvalue weighted by molar-refractivity contribution is 7.09. The summed E-state index contributed by atoms with van der Waals surface area (Å²) in [6.07, 6.45) is 0.896. The van der Waals surface area contributed by atoms with E-state index in [0.29, 0.717) is 5.92 Å². The largest absolute Gasteiger partial charge is 0.380 e. The molecule has 2 unspecified atom stereocenters. The lowest BCUT2D eigenvalue weighted by Gasteiger charge is -2.25. The van der Waals surface area contributed by atoms with E-state index in [2.05, 4.69) is 24.2 Å². The molecule has 4 heteroatoms. The normalized spacial score (nSPS) is 15.6. The summed E-state index contributed by atoms with van der Waals surface area (Å²) in [6.45, 7) is 6.26. The van der Waals surface area contributed by atoms with E-state index >= 15 is 0 Å². The molecule has 0 spiro atoms. The van der Waals surface area contributed by atoms with E-state index in [1.807, 2.05) is 6.92 Å². The Kier molecular flexibility index (Phi) is 4.70. The van der Waals surface area contributed by atoms with Gasteiger partial charge in [-0.1, -0.05) is 13.8 Å². The Bertz CT molecular complexity index is 299. The van der Waals surface area contributed by atoms with Crippen LogP contribution in [-0.4, -0.2) is 24.2 Å². The third-order valence-electron chi connectivity index (χ3n) is 2.46. The number of ether oxygens (including phenoxy) is 1. The monoisotopic (exact) mass is 228 g/mol. The van der Waals surface area contributed by atoms with Crippen molar-refractivity contribution >= 4 is 11.3 Å². The lowest BCUT2D eigenvalue weighted by Crippen LogP contribution is -2.41. The number of methoxy groups -OCH3 is 1. The number of nitrogens with two attached hydrogens (primary N) is 1. The van der Waals surface area contributed by atoms with Gasteiger partial charge in [0.2, 0.25) is 0 Å². The first-order valence-electron chi connectivity index (χ1n) is 5.24. The van der Waals surface area contributed by atoms with Crippen LogP contribution >= 0.6 is 11.3 Å². The predicted molar refractivity (Wildman–Crippen MR) is 64.2 cm³/mol. The standard InChI is InChI=1S/C11H20N2OS/c1-7(2)11(14-4)10(12)5-9-6-15-8(3)13-9/h6-7,10-11H,5,12H2,1-4H3. The average Bonchev–Trinajstić information content (AvgIpc) is 2.51. The molecule has 1 heterocycles. The fourth-order valence-corrected chi connectivity index (χ4v) is 2.43. The lowest BCUT2D eigenvalue weighted by atomic mass is 9.97. The van der Waals surface area contributed by atoms with Gasteiger partial charge in [-0.15, -0.1) is 11.3 Å². The van der Waals surface area contributed by atoms with E-state index in [4.69, 9.17) is 10.5 Å². The zero-order chi connectivity index (χ0) is 11.4. The van der Waals surface area contributed by atoms with Crippen LogP contribution in [0.15, 0.2) is 5.38 Å². The fraction of sp³-hybridized carbons (Fsp3) is 0.727. The molecule has 1 aromatic heterocycles. The van der Waals surface area contributed by atoms with Crippen LogP contribution in [0.2, 0.25) is 0 Å². The minimum absolute atomic E-state index is 0.0245. The molecule has 0 aliphatic heterocycles. The molecule has 1 aromatic rings. The molecule has 0 amide bonds. The quantitative estimate of drug-likeness (QED) is 0.838. The Morgan fingerprint density at radius 3 is 2.60 bits per heavy atom. The van der Waals surface area contributed by atoms with E-state index < -0.39 is 0 Å². The zero-order valence-electron chi connectivity index (χ0n) is 9.86. The number of hydrogen-bond donors (Lipinski definition) is 1. The smallest absolute Gasteiger partial charge is 0.0897 e. The van der Waals surface area contributed by atoms with Gasteiger partial charge < -0.3 is 10.5 Å². The van der Waals surface area contributed by atoms with Gasteiger partial charge in [-0.25, -0.2) is 4.98 Å². The fourth-order valence-electron chi connectivity index (χ4n) is 1.80. The lowest BCUT2D eigenvalue weighted by molar-refractivity contribution is 0.0439. The second-order valence-electron chi connectivity index (χ2n) is 4.17. The Morgan fingerprint density at radius 1 is 1.53 bits per heavy atom. The van der Waals surface area contributed by atoms with Crippen LogP contribution in [0.5, 0.6) is 0 Å². The number of hydrogen-bond acceptors (Lipinski definition) is 4. The summed E-state index contributed by atoms with van der Waals surface area (Å²) in [7, 11) is 1.72. The van der Waals surface area contributed by atoms with Crippen molar-refractivity contribution < 1.29 is 4.74 Å². The molecule has 0 fully saturated rings. The van der Waals surface area contributed by atoms with Crippen LogP contribution < -0.4 is 5.73 Å². The minimum Gasteiger partial charge on any atom is -0.380 e. The first-order valence-corrected chi connectivity index (χ1v) is 6.12. The van der Waals surface area contributed by atoms with Gasteiger partial charge in [-0.2, -0.15) is 0 Å². The molecule has 2 atom stereocenters. The van der Waals surface area contributed by atoms with Crippen LogP contribution in [0.3, 0.4) is 0 Å². The highest BCUT2D eigenvalue weighted by Gasteiger charge is 2.21. The van der Waals surface area contributed by atoms with Crippen LogP contribution in [0.4, 0.5) is 0 Å². The average molecular weight is 228 g/mol. The van der Waals surface area contributed by atoms with Crippen molar-refractivity contribution in [2.75, 3.05) is 7.11 Å². The molecule has 1 rings (SSSR count). The minimum atomic E-state index is 0.0245. The molecule has 0 bridgehead atoms. The molecule has 86 valence electrons. The molecule has 3 nitrogen and oxygen atoms in total. The third kappa shape index (κ3) is 3.55. The highest BCUT2D eigenvalue weighted by atomic mass is 32.1. The van der Waals surface area contributed by atoms with Crippen molar-refractivity contribution in [1.82, 2.24) is 4.98 Å². The van der Waals surface area contributed by atoms with E-state index in [1.165, 1.54) is 0 Å². The van der Waals surface area contributed by atoms with Crippen LogP contribution in [-0.2, 0) is 11.2 Å². The van der Waals surface area contributed by atoms with Gasteiger partial charge in [0, 0.05) is 25.0 Å². The molecule has 0 radical (unpaired) electrons. The molecule has 2 N–H and O–H groups in total. The number of aryl methyl sites for hydroxylation is 1. The molecule has 0 saturated heterocycles. The maximum Gasteiger partial charge on any atom is 0.0897 e. The van der Waals surface area contributed by atoms with Crippen molar-refractivity contribution in [3.63, 3.8) is 0 Å². The summed E-state index contributed by atoms with van der Waals surface area (Å²) in [5.41, 5.74) is 7.19. The summed E-state index contributed by atoms with van der Waals surface area (Å²) in [6, 6.07) is 0.0245. The molecule has 0 saturated carbocycles. The molecular weight excluding hydrogens is 208 g/mol. The molecular formula is C11H20N2OS. The molecule has 0 aliphatic rings. The summed E-state index contributed by atoms with van der Waals surface area (Å²) in [5, 5.41) is 3.16. The van der Waals surface area contributed by atoms with E-state index in [9.17, 15) is 0 Å². The Morgan fingerprint density at radius 2 is 2.20 bits per heavy atom. The van der Waals surface area contributed by atoms with Gasteiger partial charge in [-0.3, -0.25) is 0 Å². The molecule has 0 aromatic carbocycles. The Balaban J connectivity index is 2.57. The van der Waals surface area contributed by atoms with E-state index in [0.717, 1.165) is 17.1 Å². The van der Waals surface area contributed by atoms with Crippen molar-refractivity contribution in [2.24, 2.45) is 11.7 Å². The first-order chi connectivity index (χ1) is 7.04. The van der Waals surface area contributed by atoms with Crippen LogP contribution in [0.25, 0.3) is 0 Å². The molecule has 0 aliphatic carbocycles. The van der Waals surface area contributed by atoms with Crippen molar-refractivity contribution in [3.8, 4) is 0 Å².